The van der Waals surface area contributed by atoms with E-state index in [4.69, 9.17) is 14.5 Å². The molecule has 2 aromatic carbocycles. The van der Waals surface area contributed by atoms with Crippen LogP contribution in [0.4, 0.5) is 0 Å². The minimum atomic E-state index is -0.190. The number of hydrogen-bond donors (Lipinski definition) is 1. The van der Waals surface area contributed by atoms with Crippen molar-refractivity contribution in [1.29, 1.82) is 0 Å². The number of para-hydroxylation sites is 2. The van der Waals surface area contributed by atoms with Gasteiger partial charge in [-0.25, -0.2) is 4.98 Å². The van der Waals surface area contributed by atoms with E-state index < -0.39 is 0 Å². The monoisotopic (exact) mass is 451 g/mol. The van der Waals surface area contributed by atoms with Crippen molar-refractivity contribution in [3.05, 3.63) is 53.9 Å². The molecule has 178 valence electrons. The molecule has 6 heteroatoms. The van der Waals surface area contributed by atoms with Gasteiger partial charge in [-0.3, -0.25) is 4.79 Å². The number of fused-ring (bicyclic) bond motifs is 1. The van der Waals surface area contributed by atoms with Crippen molar-refractivity contribution in [1.82, 2.24) is 14.9 Å². The van der Waals surface area contributed by atoms with Crippen molar-refractivity contribution < 1.29 is 14.3 Å². The smallest absolute Gasteiger partial charge is 0.224 e. The summed E-state index contributed by atoms with van der Waals surface area (Å²) in [5.74, 6) is 2.13. The Morgan fingerprint density at radius 3 is 2.48 bits per heavy atom. The van der Waals surface area contributed by atoms with Crippen LogP contribution in [-0.4, -0.2) is 29.7 Å². The number of aryl methyl sites for hydroxylation is 1. The minimum Gasteiger partial charge on any atom is -0.493 e. The van der Waals surface area contributed by atoms with Gasteiger partial charge in [0, 0.05) is 6.54 Å². The first kappa shape index (κ1) is 24.6. The average Bonchev–Trinajstić information content (AvgIpc) is 3.20. The summed E-state index contributed by atoms with van der Waals surface area (Å²) in [5, 5.41) is 3.14. The van der Waals surface area contributed by atoms with Crippen LogP contribution in [0.1, 0.15) is 69.8 Å². The van der Waals surface area contributed by atoms with Gasteiger partial charge < -0.3 is 19.4 Å². The number of benzene rings is 2. The molecule has 0 bridgehead atoms. The minimum absolute atomic E-state index is 0.0482. The Labute approximate surface area is 197 Å². The van der Waals surface area contributed by atoms with Crippen molar-refractivity contribution in [3.8, 4) is 11.5 Å². The molecule has 0 radical (unpaired) electrons. The third kappa shape index (κ3) is 6.50. The topological polar surface area (TPSA) is 65.4 Å². The van der Waals surface area contributed by atoms with Crippen LogP contribution in [0.3, 0.4) is 0 Å². The second-order valence-electron chi connectivity index (χ2n) is 8.53. The predicted molar refractivity (Wildman–Crippen MR) is 133 cm³/mol. The molecule has 6 nitrogen and oxygen atoms in total. The third-order valence-electron chi connectivity index (χ3n) is 6.00. The fraction of sp³-hybridized carbons (Fsp3) is 0.481. The lowest BCUT2D eigenvalue weighted by molar-refractivity contribution is -0.121. The summed E-state index contributed by atoms with van der Waals surface area (Å²) in [7, 11) is 3.20. The van der Waals surface area contributed by atoms with E-state index in [1.807, 2.05) is 43.3 Å². The second kappa shape index (κ2) is 12.3. The first-order valence-corrected chi connectivity index (χ1v) is 12.0. The lowest BCUT2D eigenvalue weighted by Gasteiger charge is -2.17. The lowest BCUT2D eigenvalue weighted by atomic mass is 10.1. The molecule has 1 unspecified atom stereocenters. The number of amides is 1. The van der Waals surface area contributed by atoms with Crippen LogP contribution in [-0.2, 0) is 17.8 Å². The number of hydrogen-bond acceptors (Lipinski definition) is 4. The molecule has 0 saturated heterocycles. The summed E-state index contributed by atoms with van der Waals surface area (Å²) >= 11 is 0. The summed E-state index contributed by atoms with van der Waals surface area (Å²) in [6, 6.07) is 13.6. The number of aromatic nitrogens is 2. The number of imidazole rings is 1. The first-order chi connectivity index (χ1) is 16.1. The van der Waals surface area contributed by atoms with Crippen LogP contribution in [0.2, 0.25) is 0 Å². The highest BCUT2D eigenvalue weighted by Gasteiger charge is 2.19. The number of unbranched alkanes of at least 4 members (excludes halogenated alkanes) is 5. The standard InChI is InChI=1S/C27H37N3O3/c1-5-6-7-8-9-12-17-30-23-14-11-10-13-22(23)29-27(30)20(2)28-26(31)19-21-15-16-24(32-3)25(18-21)33-4/h10-11,13-16,18,20H,5-9,12,17,19H2,1-4H3,(H,28,31). The highest BCUT2D eigenvalue weighted by Crippen LogP contribution is 2.28. The number of carbonyl (C=O) groups is 1. The maximum absolute atomic E-state index is 12.8. The van der Waals surface area contributed by atoms with Crippen molar-refractivity contribution in [2.24, 2.45) is 0 Å². The third-order valence-corrected chi connectivity index (χ3v) is 6.00. The fourth-order valence-corrected chi connectivity index (χ4v) is 4.24. The van der Waals surface area contributed by atoms with Gasteiger partial charge in [-0.15, -0.1) is 0 Å². The highest BCUT2D eigenvalue weighted by molar-refractivity contribution is 5.80. The summed E-state index contributed by atoms with van der Waals surface area (Å²) in [5.41, 5.74) is 2.97. The van der Waals surface area contributed by atoms with Gasteiger partial charge in [-0.05, 0) is 43.2 Å². The zero-order valence-corrected chi connectivity index (χ0v) is 20.4. The fourth-order valence-electron chi connectivity index (χ4n) is 4.24. The number of carbonyl (C=O) groups excluding carboxylic acids is 1. The Bertz CT molecular complexity index is 1040. The molecule has 0 aliphatic heterocycles. The van der Waals surface area contributed by atoms with Crippen molar-refractivity contribution >= 4 is 16.9 Å². The first-order valence-electron chi connectivity index (χ1n) is 12.0. The number of methoxy groups -OCH3 is 2. The van der Waals surface area contributed by atoms with Crippen LogP contribution in [0.25, 0.3) is 11.0 Å². The molecule has 3 rings (SSSR count). The van der Waals surface area contributed by atoms with Gasteiger partial charge in [0.2, 0.25) is 5.91 Å². The summed E-state index contributed by atoms with van der Waals surface area (Å²) in [4.78, 5) is 17.7. The molecule has 1 heterocycles. The highest BCUT2D eigenvalue weighted by atomic mass is 16.5. The largest absolute Gasteiger partial charge is 0.493 e. The van der Waals surface area contributed by atoms with Gasteiger partial charge in [0.05, 0.1) is 37.7 Å². The molecular weight excluding hydrogens is 414 g/mol. The Balaban J connectivity index is 1.68. The van der Waals surface area contributed by atoms with Gasteiger partial charge in [-0.2, -0.15) is 0 Å². The predicted octanol–water partition coefficient (Wildman–Crippen LogP) is 5.83. The Morgan fingerprint density at radius 1 is 1.00 bits per heavy atom. The van der Waals surface area contributed by atoms with Crippen LogP contribution in [0, 0.1) is 0 Å². The molecular formula is C27H37N3O3. The Morgan fingerprint density at radius 2 is 1.73 bits per heavy atom. The van der Waals surface area contributed by atoms with Crippen molar-refractivity contribution in [3.63, 3.8) is 0 Å². The van der Waals surface area contributed by atoms with Crippen molar-refractivity contribution in [2.45, 2.75) is 71.4 Å². The maximum atomic E-state index is 12.8. The Kier molecular flexibility index (Phi) is 9.16. The van der Waals surface area contributed by atoms with Crippen LogP contribution < -0.4 is 14.8 Å². The zero-order chi connectivity index (χ0) is 23.6. The van der Waals surface area contributed by atoms with E-state index in [1.54, 1.807) is 14.2 Å². The normalized spacial score (nSPS) is 12.0. The van der Waals surface area contributed by atoms with E-state index in [-0.39, 0.29) is 18.4 Å². The van der Waals surface area contributed by atoms with E-state index in [0.29, 0.717) is 11.5 Å². The molecule has 0 aliphatic carbocycles. The van der Waals surface area contributed by atoms with E-state index >= 15 is 0 Å². The molecule has 0 spiro atoms. The molecule has 0 fully saturated rings. The zero-order valence-electron chi connectivity index (χ0n) is 20.4. The van der Waals surface area contributed by atoms with E-state index in [1.165, 1.54) is 32.1 Å². The summed E-state index contributed by atoms with van der Waals surface area (Å²) < 4.78 is 12.9. The number of nitrogens with one attached hydrogen (secondary N) is 1. The molecule has 0 aliphatic rings. The van der Waals surface area contributed by atoms with Gasteiger partial charge in [0.15, 0.2) is 11.5 Å². The molecule has 1 N–H and O–H groups in total. The number of ether oxygens (including phenoxy) is 2. The molecule has 1 aromatic heterocycles. The lowest BCUT2D eigenvalue weighted by Crippen LogP contribution is -2.30. The van der Waals surface area contributed by atoms with Crippen LogP contribution >= 0.6 is 0 Å². The Hall–Kier alpha value is -3.02. The van der Waals surface area contributed by atoms with Gasteiger partial charge in [0.25, 0.3) is 0 Å². The molecule has 3 aromatic rings. The summed E-state index contributed by atoms with van der Waals surface area (Å²) in [6.07, 6.45) is 7.74. The van der Waals surface area contributed by atoms with Crippen LogP contribution in [0.15, 0.2) is 42.5 Å². The molecule has 33 heavy (non-hydrogen) atoms. The summed E-state index contributed by atoms with van der Waals surface area (Å²) in [6.45, 7) is 5.16. The SMILES string of the molecule is CCCCCCCCn1c(C(C)NC(=O)Cc2ccc(OC)c(OC)c2)nc2ccccc21. The van der Waals surface area contributed by atoms with Gasteiger partial charge in [-0.1, -0.05) is 57.2 Å². The average molecular weight is 452 g/mol. The quantitative estimate of drug-likeness (QED) is 0.332. The molecule has 1 atom stereocenters. The van der Waals surface area contributed by atoms with Crippen molar-refractivity contribution in [2.75, 3.05) is 14.2 Å². The number of nitrogens with zero attached hydrogens (tertiary/aromatic N) is 2. The van der Waals surface area contributed by atoms with E-state index in [2.05, 4.69) is 22.9 Å². The van der Waals surface area contributed by atoms with E-state index in [0.717, 1.165) is 35.4 Å². The molecule has 1 amide bonds. The van der Waals surface area contributed by atoms with Gasteiger partial charge >= 0.3 is 0 Å². The molecule has 0 saturated carbocycles. The maximum Gasteiger partial charge on any atom is 0.224 e. The van der Waals surface area contributed by atoms with Crippen LogP contribution in [0.5, 0.6) is 11.5 Å². The number of rotatable bonds is 13. The van der Waals surface area contributed by atoms with E-state index in [9.17, 15) is 4.79 Å². The van der Waals surface area contributed by atoms with Gasteiger partial charge in [0.1, 0.15) is 5.82 Å². The second-order valence-corrected chi connectivity index (χ2v) is 8.53.